The fraction of sp³-hybridized carbons (Fsp3) is 0.0800. The molecule has 178 valence electrons. The summed E-state index contributed by atoms with van der Waals surface area (Å²) in [5.74, 6) is -1.45. The molecule has 4 amide bonds. The number of carbonyl (C=O) groups excluding carboxylic acids is 3. The lowest BCUT2D eigenvalue weighted by Crippen LogP contribution is -2.54. The van der Waals surface area contributed by atoms with E-state index in [1.165, 1.54) is 31.4 Å². The number of barbiturate groups is 1. The topological polar surface area (TPSA) is 84.9 Å². The maximum Gasteiger partial charge on any atom is 0.335 e. The number of carbonyl (C=O) groups is 3. The minimum atomic E-state index is -0.880. The van der Waals surface area contributed by atoms with Crippen molar-refractivity contribution in [2.45, 2.75) is 6.61 Å². The number of nitrogens with zero attached hydrogens (tertiary/aromatic N) is 1. The Labute approximate surface area is 213 Å². The normalized spacial score (nSPS) is 14.8. The largest absolute Gasteiger partial charge is 0.493 e. The number of imide groups is 2. The van der Waals surface area contributed by atoms with E-state index < -0.39 is 23.7 Å². The van der Waals surface area contributed by atoms with Crippen LogP contribution in [-0.4, -0.2) is 25.0 Å². The number of nitrogens with one attached hydrogen (secondary N) is 1. The van der Waals surface area contributed by atoms with Crippen molar-refractivity contribution in [2.75, 3.05) is 12.0 Å². The lowest BCUT2D eigenvalue weighted by molar-refractivity contribution is -0.122. The van der Waals surface area contributed by atoms with Gasteiger partial charge in [0.1, 0.15) is 18.0 Å². The first kappa shape index (κ1) is 24.4. The van der Waals surface area contributed by atoms with Crippen LogP contribution in [-0.2, 0) is 16.2 Å². The molecule has 1 aliphatic rings. The quantitative estimate of drug-likeness (QED) is 0.319. The average molecular weight is 560 g/mol. The molecular weight excluding hydrogens is 543 g/mol. The van der Waals surface area contributed by atoms with Crippen LogP contribution in [0.3, 0.4) is 0 Å². The molecule has 0 radical (unpaired) electrons. The van der Waals surface area contributed by atoms with Gasteiger partial charge in [0.05, 0.1) is 17.3 Å². The maximum atomic E-state index is 13.9. The van der Waals surface area contributed by atoms with Crippen LogP contribution in [0.4, 0.5) is 14.9 Å². The van der Waals surface area contributed by atoms with Gasteiger partial charge in [0, 0.05) is 10.6 Å². The first-order valence-corrected chi connectivity index (χ1v) is 11.4. The number of amides is 4. The Hall–Kier alpha value is -3.69. The second-order valence-electron chi connectivity index (χ2n) is 7.35. The molecular formula is C25H17BrClFN2O5. The molecule has 1 N–H and O–H groups in total. The Kier molecular flexibility index (Phi) is 7.18. The van der Waals surface area contributed by atoms with Crippen LogP contribution < -0.4 is 19.7 Å². The third-order valence-corrected chi connectivity index (χ3v) is 5.88. The number of benzene rings is 3. The molecule has 0 unspecified atom stereocenters. The smallest absolute Gasteiger partial charge is 0.335 e. The lowest BCUT2D eigenvalue weighted by atomic mass is 10.1. The van der Waals surface area contributed by atoms with Crippen molar-refractivity contribution in [2.24, 2.45) is 0 Å². The van der Waals surface area contributed by atoms with Crippen LogP contribution in [0.2, 0.25) is 5.02 Å². The molecule has 10 heteroatoms. The molecule has 0 aromatic heterocycles. The molecule has 0 atom stereocenters. The van der Waals surface area contributed by atoms with Crippen molar-refractivity contribution in [3.8, 4) is 11.5 Å². The summed E-state index contributed by atoms with van der Waals surface area (Å²) in [4.78, 5) is 38.8. The van der Waals surface area contributed by atoms with E-state index in [1.54, 1.807) is 42.5 Å². The highest BCUT2D eigenvalue weighted by Gasteiger charge is 2.37. The van der Waals surface area contributed by atoms with Gasteiger partial charge in [-0.05, 0) is 64.0 Å². The summed E-state index contributed by atoms with van der Waals surface area (Å²) in [5, 5.41) is 2.48. The summed E-state index contributed by atoms with van der Waals surface area (Å²) in [7, 11) is 1.42. The number of urea groups is 1. The second-order valence-corrected chi connectivity index (χ2v) is 8.64. The number of anilines is 1. The molecule has 1 heterocycles. The van der Waals surface area contributed by atoms with Crippen molar-refractivity contribution >= 4 is 57.1 Å². The first-order chi connectivity index (χ1) is 16.8. The minimum Gasteiger partial charge on any atom is -0.493 e. The van der Waals surface area contributed by atoms with Gasteiger partial charge in [-0.1, -0.05) is 35.9 Å². The molecule has 4 rings (SSSR count). The molecule has 7 nitrogen and oxygen atoms in total. The monoisotopic (exact) mass is 558 g/mol. The standard InChI is InChI=1S/C25H17BrClFN2O5/c1-34-21-11-14(10-19(26)22(21)35-13-15-5-2-3-8-20(15)28)9-18-23(31)29-25(33)30(24(18)32)17-7-4-6-16(27)12-17/h2-12H,13H2,1H3,(H,29,31,33)/b18-9+. The molecule has 0 bridgehead atoms. The molecule has 1 aliphatic heterocycles. The number of halogens is 3. The highest BCUT2D eigenvalue weighted by atomic mass is 79.9. The predicted molar refractivity (Wildman–Crippen MR) is 132 cm³/mol. The third-order valence-electron chi connectivity index (χ3n) is 5.06. The number of rotatable bonds is 6. The second kappa shape index (κ2) is 10.3. The van der Waals surface area contributed by atoms with Gasteiger partial charge in [-0.2, -0.15) is 0 Å². The molecule has 3 aromatic rings. The van der Waals surface area contributed by atoms with Crippen molar-refractivity contribution in [3.63, 3.8) is 0 Å². The summed E-state index contributed by atoms with van der Waals surface area (Å²) >= 11 is 9.39. The Balaban J connectivity index is 1.65. The zero-order valence-electron chi connectivity index (χ0n) is 18.2. The van der Waals surface area contributed by atoms with Crippen molar-refractivity contribution in [1.82, 2.24) is 5.32 Å². The summed E-state index contributed by atoms with van der Waals surface area (Å²) in [6, 6.07) is 14.6. The number of methoxy groups -OCH3 is 1. The van der Waals surface area contributed by atoms with Crippen LogP contribution in [0.25, 0.3) is 6.08 Å². The molecule has 0 saturated carbocycles. The van der Waals surface area contributed by atoms with Crippen LogP contribution >= 0.6 is 27.5 Å². The Morgan fingerprint density at radius 3 is 2.57 bits per heavy atom. The van der Waals surface area contributed by atoms with Crippen molar-refractivity contribution in [1.29, 1.82) is 0 Å². The van der Waals surface area contributed by atoms with Gasteiger partial charge in [-0.3, -0.25) is 14.9 Å². The molecule has 0 spiro atoms. The van der Waals surface area contributed by atoms with E-state index in [4.69, 9.17) is 21.1 Å². The predicted octanol–water partition coefficient (Wildman–Crippen LogP) is 5.50. The van der Waals surface area contributed by atoms with Gasteiger partial charge >= 0.3 is 6.03 Å². The summed E-state index contributed by atoms with van der Waals surface area (Å²) in [6.07, 6.45) is 1.33. The fourth-order valence-corrected chi connectivity index (χ4v) is 4.16. The zero-order valence-corrected chi connectivity index (χ0v) is 20.5. The highest BCUT2D eigenvalue weighted by Crippen LogP contribution is 2.38. The third kappa shape index (κ3) is 5.21. The van der Waals surface area contributed by atoms with Crippen LogP contribution in [0.1, 0.15) is 11.1 Å². The van der Waals surface area contributed by atoms with Crippen LogP contribution in [0, 0.1) is 5.82 Å². The van der Waals surface area contributed by atoms with Gasteiger partial charge in [0.25, 0.3) is 11.8 Å². The highest BCUT2D eigenvalue weighted by molar-refractivity contribution is 9.10. The van der Waals surface area contributed by atoms with Crippen molar-refractivity contribution < 1.29 is 28.2 Å². The van der Waals surface area contributed by atoms with Gasteiger partial charge in [-0.15, -0.1) is 0 Å². The number of hydrogen-bond donors (Lipinski definition) is 1. The van der Waals surface area contributed by atoms with Crippen LogP contribution in [0.5, 0.6) is 11.5 Å². The summed E-state index contributed by atoms with van der Waals surface area (Å²) in [5.41, 5.74) is 0.737. The molecule has 0 aliphatic carbocycles. The minimum absolute atomic E-state index is 0.0420. The van der Waals surface area contributed by atoms with E-state index >= 15 is 0 Å². The van der Waals surface area contributed by atoms with E-state index in [0.717, 1.165) is 4.90 Å². The first-order valence-electron chi connectivity index (χ1n) is 10.2. The molecule has 3 aromatic carbocycles. The number of ether oxygens (including phenoxy) is 2. The van der Waals surface area contributed by atoms with Gasteiger partial charge in [0.15, 0.2) is 11.5 Å². The number of hydrogen-bond acceptors (Lipinski definition) is 5. The zero-order chi connectivity index (χ0) is 25.1. The lowest BCUT2D eigenvalue weighted by Gasteiger charge is -2.26. The average Bonchev–Trinajstić information content (AvgIpc) is 2.81. The summed E-state index contributed by atoms with van der Waals surface area (Å²) in [6.45, 7) is -0.0420. The fourth-order valence-electron chi connectivity index (χ4n) is 3.40. The molecule has 35 heavy (non-hydrogen) atoms. The molecule has 1 saturated heterocycles. The van der Waals surface area contributed by atoms with E-state index in [1.807, 2.05) is 0 Å². The summed E-state index contributed by atoms with van der Waals surface area (Å²) < 4.78 is 25.6. The van der Waals surface area contributed by atoms with Crippen LogP contribution in [0.15, 0.2) is 70.7 Å². The van der Waals surface area contributed by atoms with Gasteiger partial charge in [0.2, 0.25) is 0 Å². The Morgan fingerprint density at radius 2 is 1.86 bits per heavy atom. The maximum absolute atomic E-state index is 13.9. The van der Waals surface area contributed by atoms with E-state index in [-0.39, 0.29) is 23.6 Å². The Morgan fingerprint density at radius 1 is 1.09 bits per heavy atom. The van der Waals surface area contributed by atoms with Crippen molar-refractivity contribution in [3.05, 3.63) is 92.7 Å². The Bertz CT molecular complexity index is 1380. The molecule has 1 fully saturated rings. The van der Waals surface area contributed by atoms with Gasteiger partial charge in [-0.25, -0.2) is 14.1 Å². The van der Waals surface area contributed by atoms with E-state index in [2.05, 4.69) is 21.2 Å². The van der Waals surface area contributed by atoms with E-state index in [0.29, 0.717) is 26.4 Å². The van der Waals surface area contributed by atoms with E-state index in [9.17, 15) is 18.8 Å². The SMILES string of the molecule is COc1cc(/C=C2\C(=O)NC(=O)N(c3cccc(Cl)c3)C2=O)cc(Br)c1OCc1ccccc1F. The van der Waals surface area contributed by atoms with Gasteiger partial charge < -0.3 is 9.47 Å².